The Bertz CT molecular complexity index is 1490. The van der Waals surface area contributed by atoms with Crippen LogP contribution in [0.3, 0.4) is 0 Å². The second kappa shape index (κ2) is 12.7. The van der Waals surface area contributed by atoms with Gasteiger partial charge in [0.15, 0.2) is 0 Å². The number of halogens is 2. The molecular weight excluding hydrogens is 614 g/mol. The van der Waals surface area contributed by atoms with Crippen LogP contribution in [0.1, 0.15) is 44.4 Å². The molecule has 0 aliphatic heterocycles. The Morgan fingerprint density at radius 2 is 1.65 bits per heavy atom. The maximum Gasteiger partial charge on any atom is 0.264 e. The molecule has 10 heteroatoms. The zero-order valence-corrected chi connectivity index (χ0v) is 26.7. The van der Waals surface area contributed by atoms with Crippen molar-refractivity contribution in [3.8, 4) is 0 Å². The number of carbonyl (C=O) groups excluding carboxylic acids is 2. The van der Waals surface area contributed by atoms with Gasteiger partial charge in [-0.3, -0.25) is 13.9 Å². The second-order valence-electron chi connectivity index (χ2n) is 10.8. The number of nitrogens with zero attached hydrogens (tertiary/aromatic N) is 2. The molecule has 0 fully saturated rings. The molecular formula is C30H35BrClN3O4S. The molecule has 214 valence electrons. The molecule has 1 N–H and O–H groups in total. The first-order chi connectivity index (χ1) is 18.6. The first kappa shape index (κ1) is 31.6. The third-order valence-electron chi connectivity index (χ3n) is 6.22. The van der Waals surface area contributed by atoms with Crippen molar-refractivity contribution in [1.82, 2.24) is 10.2 Å². The van der Waals surface area contributed by atoms with Crippen LogP contribution < -0.4 is 9.62 Å². The molecule has 0 heterocycles. The van der Waals surface area contributed by atoms with E-state index >= 15 is 0 Å². The SMILES string of the molecule is Cc1ccc(S(=O)(=O)N(CC(=O)N(Cc2cccc(Br)c2)C(C)C(=O)NC(C)(C)C)c2ccc(Cl)cc2C)cc1. The smallest absolute Gasteiger partial charge is 0.264 e. The van der Waals surface area contributed by atoms with Gasteiger partial charge in [0, 0.05) is 21.6 Å². The zero-order valence-electron chi connectivity index (χ0n) is 23.5. The lowest BCUT2D eigenvalue weighted by molar-refractivity contribution is -0.140. The second-order valence-corrected chi connectivity index (χ2v) is 14.0. The fourth-order valence-corrected chi connectivity index (χ4v) is 6.29. The minimum absolute atomic E-state index is 0.0531. The summed E-state index contributed by atoms with van der Waals surface area (Å²) in [5.74, 6) is -0.868. The Morgan fingerprint density at radius 3 is 2.23 bits per heavy atom. The minimum Gasteiger partial charge on any atom is -0.350 e. The number of nitrogens with one attached hydrogen (secondary N) is 1. The molecule has 2 amide bonds. The van der Waals surface area contributed by atoms with Crippen molar-refractivity contribution in [2.75, 3.05) is 10.8 Å². The largest absolute Gasteiger partial charge is 0.350 e. The first-order valence-electron chi connectivity index (χ1n) is 12.8. The molecule has 0 spiro atoms. The molecule has 0 radical (unpaired) electrons. The van der Waals surface area contributed by atoms with Crippen molar-refractivity contribution in [1.29, 1.82) is 0 Å². The van der Waals surface area contributed by atoms with Crippen molar-refractivity contribution in [3.63, 3.8) is 0 Å². The maximum atomic E-state index is 14.0. The fourth-order valence-electron chi connectivity index (χ4n) is 4.14. The monoisotopic (exact) mass is 647 g/mol. The van der Waals surface area contributed by atoms with E-state index in [-0.39, 0.29) is 17.3 Å². The molecule has 1 atom stereocenters. The van der Waals surface area contributed by atoms with Crippen molar-refractivity contribution in [2.24, 2.45) is 0 Å². The van der Waals surface area contributed by atoms with E-state index in [9.17, 15) is 18.0 Å². The number of rotatable bonds is 9. The summed E-state index contributed by atoms with van der Waals surface area (Å²) in [6.45, 7) is 10.4. The van der Waals surface area contributed by atoms with Gasteiger partial charge >= 0.3 is 0 Å². The van der Waals surface area contributed by atoms with E-state index in [1.807, 2.05) is 52.0 Å². The molecule has 7 nitrogen and oxygen atoms in total. The van der Waals surface area contributed by atoms with Crippen molar-refractivity contribution in [3.05, 3.63) is 92.9 Å². The molecule has 3 aromatic rings. The van der Waals surface area contributed by atoms with Gasteiger partial charge in [-0.05, 0) is 95.1 Å². The Balaban J connectivity index is 2.08. The standard InChI is InChI=1S/C30H35BrClN3O4S/c1-20-10-13-26(14-11-20)40(38,39)35(27-15-12-25(32)16-21(27)2)19-28(36)34(18-23-8-7-9-24(31)17-23)22(3)29(37)33-30(4,5)6/h7-17,22H,18-19H2,1-6H3,(H,33,37). The number of anilines is 1. The average Bonchev–Trinajstić information content (AvgIpc) is 2.85. The first-order valence-corrected chi connectivity index (χ1v) is 15.4. The molecule has 0 aliphatic rings. The van der Waals surface area contributed by atoms with Crippen molar-refractivity contribution >= 4 is 55.1 Å². The third kappa shape index (κ3) is 8.08. The molecule has 3 rings (SSSR count). The van der Waals surface area contributed by atoms with Gasteiger partial charge in [-0.15, -0.1) is 0 Å². The molecule has 0 aliphatic carbocycles. The molecule has 0 aromatic heterocycles. The van der Waals surface area contributed by atoms with Gasteiger partial charge in [-0.1, -0.05) is 57.4 Å². The van der Waals surface area contributed by atoms with Gasteiger partial charge < -0.3 is 10.2 Å². The summed E-state index contributed by atoms with van der Waals surface area (Å²) >= 11 is 9.62. The topological polar surface area (TPSA) is 86.8 Å². The van der Waals surface area contributed by atoms with E-state index < -0.39 is 34.1 Å². The van der Waals surface area contributed by atoms with E-state index in [0.717, 1.165) is 19.9 Å². The van der Waals surface area contributed by atoms with Crippen LogP contribution in [-0.2, 0) is 26.2 Å². The summed E-state index contributed by atoms with van der Waals surface area (Å²) in [5, 5.41) is 3.37. The number of amides is 2. The number of benzene rings is 3. The lowest BCUT2D eigenvalue weighted by atomic mass is 10.1. The summed E-state index contributed by atoms with van der Waals surface area (Å²) in [4.78, 5) is 28.7. The average molecular weight is 649 g/mol. The van der Waals surface area contributed by atoms with E-state index in [1.165, 1.54) is 17.0 Å². The molecule has 1 unspecified atom stereocenters. The Hall–Kier alpha value is -2.88. The van der Waals surface area contributed by atoms with Crippen LogP contribution >= 0.6 is 27.5 Å². The maximum absolute atomic E-state index is 14.0. The van der Waals surface area contributed by atoms with Crippen LogP contribution in [-0.4, -0.2) is 43.3 Å². The van der Waals surface area contributed by atoms with Gasteiger partial charge in [0.05, 0.1) is 10.6 Å². The van der Waals surface area contributed by atoms with Crippen LogP contribution in [0.2, 0.25) is 5.02 Å². The third-order valence-corrected chi connectivity index (χ3v) is 8.73. The van der Waals surface area contributed by atoms with Crippen molar-refractivity contribution in [2.45, 2.75) is 64.6 Å². The van der Waals surface area contributed by atoms with Gasteiger partial charge in [-0.25, -0.2) is 8.42 Å². The van der Waals surface area contributed by atoms with E-state index in [0.29, 0.717) is 16.3 Å². The Labute approximate surface area is 250 Å². The molecule has 40 heavy (non-hydrogen) atoms. The van der Waals surface area contributed by atoms with Gasteiger partial charge in [0.1, 0.15) is 12.6 Å². The predicted octanol–water partition coefficient (Wildman–Crippen LogP) is 6.25. The summed E-state index contributed by atoms with van der Waals surface area (Å²) in [5.41, 5.74) is 2.09. The highest BCUT2D eigenvalue weighted by molar-refractivity contribution is 9.10. The van der Waals surface area contributed by atoms with Crippen LogP contribution in [0, 0.1) is 13.8 Å². The summed E-state index contributed by atoms with van der Waals surface area (Å²) in [6, 6.07) is 17.8. The van der Waals surface area contributed by atoms with Crippen molar-refractivity contribution < 1.29 is 18.0 Å². The highest BCUT2D eigenvalue weighted by atomic mass is 79.9. The van der Waals surface area contributed by atoms with Gasteiger partial charge in [0.25, 0.3) is 10.0 Å². The van der Waals surface area contributed by atoms with E-state index in [4.69, 9.17) is 11.6 Å². The lowest BCUT2D eigenvalue weighted by Gasteiger charge is -2.34. The fraction of sp³-hybridized carbons (Fsp3) is 0.333. The zero-order chi connectivity index (χ0) is 29.8. The minimum atomic E-state index is -4.15. The Kier molecular flexibility index (Phi) is 10.1. The summed E-state index contributed by atoms with van der Waals surface area (Å²) in [6.07, 6.45) is 0. The van der Waals surface area contributed by atoms with Crippen LogP contribution in [0.15, 0.2) is 76.1 Å². The lowest BCUT2D eigenvalue weighted by Crippen LogP contribution is -2.54. The molecule has 0 saturated carbocycles. The Morgan fingerprint density at radius 1 is 1.00 bits per heavy atom. The van der Waals surface area contributed by atoms with Crippen LogP contribution in [0.5, 0.6) is 0 Å². The number of hydrogen-bond acceptors (Lipinski definition) is 4. The van der Waals surface area contributed by atoms with Crippen LogP contribution in [0.25, 0.3) is 0 Å². The molecule has 3 aromatic carbocycles. The van der Waals surface area contributed by atoms with E-state index in [2.05, 4.69) is 21.2 Å². The van der Waals surface area contributed by atoms with E-state index in [1.54, 1.807) is 44.2 Å². The molecule has 0 bridgehead atoms. The highest BCUT2D eigenvalue weighted by Gasteiger charge is 2.34. The van der Waals surface area contributed by atoms with Gasteiger partial charge in [0.2, 0.25) is 11.8 Å². The molecule has 0 saturated heterocycles. The predicted molar refractivity (Wildman–Crippen MR) is 164 cm³/mol. The summed E-state index contributed by atoms with van der Waals surface area (Å²) in [7, 11) is -4.15. The van der Waals surface area contributed by atoms with Crippen LogP contribution in [0.4, 0.5) is 5.69 Å². The summed E-state index contributed by atoms with van der Waals surface area (Å²) < 4.78 is 29.9. The normalized spacial score (nSPS) is 12.5. The van der Waals surface area contributed by atoms with Gasteiger partial charge in [-0.2, -0.15) is 0 Å². The number of hydrogen-bond donors (Lipinski definition) is 1. The number of carbonyl (C=O) groups is 2. The quantitative estimate of drug-likeness (QED) is 0.297. The highest BCUT2D eigenvalue weighted by Crippen LogP contribution is 2.29. The number of sulfonamides is 1. The number of aryl methyl sites for hydroxylation is 2.